The maximum atomic E-state index is 12.6. The normalized spacial score (nSPS) is 14.2. The summed E-state index contributed by atoms with van der Waals surface area (Å²) in [5, 5.41) is 13.6. The second-order valence-corrected chi connectivity index (χ2v) is 5.83. The number of amides is 1. The van der Waals surface area contributed by atoms with E-state index in [1.807, 2.05) is 30.3 Å². The molecular formula is C16H18F3N3O2. The van der Waals surface area contributed by atoms with Gasteiger partial charge in [-0.25, -0.2) is 4.68 Å². The molecule has 0 unspecified atom stereocenters. The molecule has 1 heterocycles. The van der Waals surface area contributed by atoms with Gasteiger partial charge in [0.05, 0.1) is 18.3 Å². The van der Waals surface area contributed by atoms with E-state index < -0.39 is 24.1 Å². The third-order valence-electron chi connectivity index (χ3n) is 3.61. The molecule has 24 heavy (non-hydrogen) atoms. The van der Waals surface area contributed by atoms with Crippen molar-refractivity contribution in [2.75, 3.05) is 7.05 Å². The number of aromatic nitrogens is 2. The Labute approximate surface area is 137 Å². The molecule has 2 rings (SSSR count). The van der Waals surface area contributed by atoms with Crippen LogP contribution in [0.3, 0.4) is 0 Å². The number of alkyl halides is 3. The van der Waals surface area contributed by atoms with Gasteiger partial charge in [-0.2, -0.15) is 18.3 Å². The lowest BCUT2D eigenvalue weighted by molar-refractivity contribution is -0.254. The summed E-state index contributed by atoms with van der Waals surface area (Å²) in [4.78, 5) is 13.1. The van der Waals surface area contributed by atoms with Crippen molar-refractivity contribution in [2.45, 2.75) is 31.7 Å². The van der Waals surface area contributed by atoms with Gasteiger partial charge < -0.3 is 10.0 Å². The third-order valence-corrected chi connectivity index (χ3v) is 3.61. The fraction of sp³-hybridized carbons (Fsp3) is 0.375. The average Bonchev–Trinajstić information content (AvgIpc) is 2.95. The van der Waals surface area contributed by atoms with E-state index in [-0.39, 0.29) is 6.54 Å². The SMILES string of the molecule is CN(Cc1cnn(-c2ccccc2)c1)C(=O)C[C@@](C)(O)C(F)(F)F. The molecule has 0 saturated carbocycles. The molecule has 1 atom stereocenters. The van der Waals surface area contributed by atoms with Crippen LogP contribution in [-0.2, 0) is 11.3 Å². The molecule has 0 aliphatic heterocycles. The second kappa shape index (κ2) is 6.64. The van der Waals surface area contributed by atoms with Gasteiger partial charge in [0, 0.05) is 25.4 Å². The van der Waals surface area contributed by atoms with Crippen LogP contribution in [0.5, 0.6) is 0 Å². The number of hydrogen-bond donors (Lipinski definition) is 1. The molecule has 5 nitrogen and oxygen atoms in total. The lowest BCUT2D eigenvalue weighted by Crippen LogP contribution is -2.46. The number of benzene rings is 1. The number of rotatable bonds is 5. The van der Waals surface area contributed by atoms with E-state index in [4.69, 9.17) is 0 Å². The summed E-state index contributed by atoms with van der Waals surface area (Å²) in [7, 11) is 1.38. The van der Waals surface area contributed by atoms with Gasteiger partial charge in [-0.05, 0) is 19.1 Å². The standard InChI is InChI=1S/C16H18F3N3O2/c1-15(24,16(17,18)19)8-14(23)21(2)10-12-9-20-22(11-12)13-6-4-3-5-7-13/h3-7,9,11,24H,8,10H2,1-2H3/t15-/m1/s1. The van der Waals surface area contributed by atoms with Gasteiger partial charge in [0.2, 0.25) is 5.91 Å². The van der Waals surface area contributed by atoms with Crippen LogP contribution in [0.25, 0.3) is 5.69 Å². The largest absolute Gasteiger partial charge is 0.417 e. The van der Waals surface area contributed by atoms with Crippen LogP contribution >= 0.6 is 0 Å². The van der Waals surface area contributed by atoms with Crippen LogP contribution in [-0.4, -0.2) is 44.5 Å². The van der Waals surface area contributed by atoms with Crippen LogP contribution in [0.4, 0.5) is 13.2 Å². The van der Waals surface area contributed by atoms with Crippen LogP contribution < -0.4 is 0 Å². The first-order valence-corrected chi connectivity index (χ1v) is 7.22. The summed E-state index contributed by atoms with van der Waals surface area (Å²) in [5.41, 5.74) is -1.55. The minimum atomic E-state index is -4.86. The molecular weight excluding hydrogens is 323 g/mol. The lowest BCUT2D eigenvalue weighted by Gasteiger charge is -2.27. The zero-order valence-electron chi connectivity index (χ0n) is 13.3. The Hall–Kier alpha value is -2.35. The molecule has 1 aromatic carbocycles. The molecule has 0 bridgehead atoms. The first-order valence-electron chi connectivity index (χ1n) is 7.22. The molecule has 130 valence electrons. The minimum absolute atomic E-state index is 0.0968. The third kappa shape index (κ3) is 4.14. The first kappa shape index (κ1) is 18.0. The molecule has 0 fully saturated rings. The first-order chi connectivity index (χ1) is 11.1. The number of carbonyl (C=O) groups is 1. The van der Waals surface area contributed by atoms with Gasteiger partial charge in [-0.3, -0.25) is 4.79 Å². The van der Waals surface area contributed by atoms with Gasteiger partial charge in [0.1, 0.15) is 0 Å². The summed E-state index contributed by atoms with van der Waals surface area (Å²) < 4.78 is 39.5. The molecule has 1 amide bonds. The van der Waals surface area contributed by atoms with Gasteiger partial charge in [-0.1, -0.05) is 18.2 Å². The van der Waals surface area contributed by atoms with E-state index in [1.165, 1.54) is 7.05 Å². The topological polar surface area (TPSA) is 58.4 Å². The summed E-state index contributed by atoms with van der Waals surface area (Å²) in [5.74, 6) is -0.801. The molecule has 1 N–H and O–H groups in total. The maximum Gasteiger partial charge on any atom is 0.417 e. The van der Waals surface area contributed by atoms with E-state index in [9.17, 15) is 23.1 Å². The van der Waals surface area contributed by atoms with Crippen molar-refractivity contribution >= 4 is 5.91 Å². The van der Waals surface area contributed by atoms with Crippen molar-refractivity contribution in [3.8, 4) is 5.69 Å². The summed E-state index contributed by atoms with van der Waals surface area (Å²) in [6.45, 7) is 0.686. The molecule has 0 saturated heterocycles. The Morgan fingerprint density at radius 2 is 1.92 bits per heavy atom. The smallest absolute Gasteiger partial charge is 0.380 e. The minimum Gasteiger partial charge on any atom is -0.380 e. The quantitative estimate of drug-likeness (QED) is 0.909. The number of para-hydroxylation sites is 1. The number of carbonyl (C=O) groups excluding carboxylic acids is 1. The van der Waals surface area contributed by atoms with E-state index in [0.717, 1.165) is 10.6 Å². The van der Waals surface area contributed by atoms with Crippen molar-refractivity contribution in [1.82, 2.24) is 14.7 Å². The Morgan fingerprint density at radius 1 is 1.29 bits per heavy atom. The maximum absolute atomic E-state index is 12.6. The zero-order chi connectivity index (χ0) is 18.0. The van der Waals surface area contributed by atoms with Crippen molar-refractivity contribution in [1.29, 1.82) is 0 Å². The monoisotopic (exact) mass is 341 g/mol. The number of halogens is 3. The van der Waals surface area contributed by atoms with E-state index >= 15 is 0 Å². The highest BCUT2D eigenvalue weighted by atomic mass is 19.4. The summed E-state index contributed by atoms with van der Waals surface area (Å²) in [6, 6.07) is 9.28. The Balaban J connectivity index is 2.01. The van der Waals surface area contributed by atoms with Crippen molar-refractivity contribution in [3.63, 3.8) is 0 Å². The molecule has 8 heteroatoms. The Bertz CT molecular complexity index is 696. The molecule has 1 aromatic heterocycles. The van der Waals surface area contributed by atoms with Gasteiger partial charge in [-0.15, -0.1) is 0 Å². The van der Waals surface area contributed by atoms with E-state index in [0.29, 0.717) is 12.5 Å². The van der Waals surface area contributed by atoms with Crippen LogP contribution in [0.15, 0.2) is 42.7 Å². The Morgan fingerprint density at radius 3 is 2.50 bits per heavy atom. The number of aliphatic hydroxyl groups is 1. The Kier molecular flexibility index (Phi) is 4.98. The van der Waals surface area contributed by atoms with Crippen LogP contribution in [0, 0.1) is 0 Å². The van der Waals surface area contributed by atoms with E-state index in [1.54, 1.807) is 17.1 Å². The molecule has 0 aliphatic carbocycles. The van der Waals surface area contributed by atoms with Crippen LogP contribution in [0.2, 0.25) is 0 Å². The predicted octanol–water partition coefficient (Wildman–Crippen LogP) is 2.53. The van der Waals surface area contributed by atoms with Gasteiger partial charge in [0.15, 0.2) is 5.60 Å². The predicted molar refractivity (Wildman–Crippen MR) is 81.3 cm³/mol. The summed E-state index contributed by atoms with van der Waals surface area (Å²) in [6.07, 6.45) is -2.65. The fourth-order valence-electron chi connectivity index (χ4n) is 2.06. The molecule has 2 aromatic rings. The second-order valence-electron chi connectivity index (χ2n) is 5.83. The lowest BCUT2D eigenvalue weighted by atomic mass is 10.0. The van der Waals surface area contributed by atoms with Gasteiger partial charge in [0.25, 0.3) is 0 Å². The van der Waals surface area contributed by atoms with Crippen molar-refractivity contribution < 1.29 is 23.1 Å². The average molecular weight is 341 g/mol. The molecule has 0 aliphatic rings. The molecule has 0 radical (unpaired) electrons. The molecule has 0 spiro atoms. The van der Waals surface area contributed by atoms with Crippen molar-refractivity contribution in [3.05, 3.63) is 48.3 Å². The number of nitrogens with zero attached hydrogens (tertiary/aromatic N) is 3. The highest BCUT2D eigenvalue weighted by Crippen LogP contribution is 2.33. The zero-order valence-corrected chi connectivity index (χ0v) is 13.3. The van der Waals surface area contributed by atoms with Gasteiger partial charge >= 0.3 is 6.18 Å². The highest BCUT2D eigenvalue weighted by Gasteiger charge is 2.51. The number of hydrogen-bond acceptors (Lipinski definition) is 3. The highest BCUT2D eigenvalue weighted by molar-refractivity contribution is 5.77. The fourth-order valence-corrected chi connectivity index (χ4v) is 2.06. The summed E-state index contributed by atoms with van der Waals surface area (Å²) >= 11 is 0. The van der Waals surface area contributed by atoms with Crippen LogP contribution in [0.1, 0.15) is 18.9 Å². The van der Waals surface area contributed by atoms with E-state index in [2.05, 4.69) is 5.10 Å². The van der Waals surface area contributed by atoms with Crippen molar-refractivity contribution in [2.24, 2.45) is 0 Å².